The van der Waals surface area contributed by atoms with Crippen LogP contribution in [0.4, 0.5) is 0 Å². The highest BCUT2D eigenvalue weighted by Gasteiger charge is 2.26. The van der Waals surface area contributed by atoms with Crippen molar-refractivity contribution in [1.82, 2.24) is 5.32 Å². The van der Waals surface area contributed by atoms with Crippen LogP contribution in [0.2, 0.25) is 0 Å². The lowest BCUT2D eigenvalue weighted by molar-refractivity contribution is -0.115. The number of amidine groups is 1. The van der Waals surface area contributed by atoms with E-state index in [1.165, 1.54) is 38.1 Å². The fourth-order valence-electron chi connectivity index (χ4n) is 2.88. The third-order valence-electron chi connectivity index (χ3n) is 4.14. The van der Waals surface area contributed by atoms with Crippen molar-refractivity contribution in [2.45, 2.75) is 45.1 Å². The van der Waals surface area contributed by atoms with Gasteiger partial charge in [0.1, 0.15) is 17.1 Å². The van der Waals surface area contributed by atoms with Crippen LogP contribution in [-0.4, -0.2) is 30.2 Å². The number of hydrogen-bond acceptors (Lipinski definition) is 6. The van der Waals surface area contributed by atoms with Gasteiger partial charge >= 0.3 is 5.97 Å². The van der Waals surface area contributed by atoms with E-state index >= 15 is 0 Å². The molecule has 1 saturated heterocycles. The van der Waals surface area contributed by atoms with Crippen molar-refractivity contribution < 1.29 is 18.7 Å². The number of nitrogens with zero attached hydrogens (tertiary/aromatic N) is 1. The Balaban J connectivity index is 1.75. The number of nitrogens with one attached hydrogen (secondary N) is 1. The van der Waals surface area contributed by atoms with Gasteiger partial charge < -0.3 is 14.5 Å². The zero-order valence-electron chi connectivity index (χ0n) is 13.8. The van der Waals surface area contributed by atoms with Gasteiger partial charge in [-0.25, -0.2) is 4.79 Å². The monoisotopic (exact) mass is 348 g/mol. The Labute approximate surface area is 144 Å². The van der Waals surface area contributed by atoms with Gasteiger partial charge in [-0.05, 0) is 37.6 Å². The van der Waals surface area contributed by atoms with E-state index in [1.54, 1.807) is 19.1 Å². The number of thioether (sulfide) groups is 1. The van der Waals surface area contributed by atoms with Crippen LogP contribution in [0.15, 0.2) is 20.4 Å². The average Bonchev–Trinajstić information content (AvgIpc) is 3.10. The van der Waals surface area contributed by atoms with Crippen LogP contribution >= 0.6 is 11.8 Å². The van der Waals surface area contributed by atoms with E-state index in [2.05, 4.69) is 10.3 Å². The Hall–Kier alpha value is -2.02. The molecule has 2 heterocycles. The summed E-state index contributed by atoms with van der Waals surface area (Å²) in [6.07, 6.45) is 7.46. The van der Waals surface area contributed by atoms with Gasteiger partial charge in [0.25, 0.3) is 5.91 Å². The molecule has 128 valence electrons. The van der Waals surface area contributed by atoms with Crippen molar-refractivity contribution >= 4 is 34.9 Å². The molecule has 0 unspecified atom stereocenters. The van der Waals surface area contributed by atoms with E-state index in [0.717, 1.165) is 12.8 Å². The smallest absolute Gasteiger partial charge is 0.341 e. The number of carbonyl (C=O) groups excluding carboxylic acids is 2. The molecule has 0 radical (unpaired) electrons. The van der Waals surface area contributed by atoms with Crippen LogP contribution < -0.4 is 5.32 Å². The first kappa shape index (κ1) is 16.8. The van der Waals surface area contributed by atoms with Crippen molar-refractivity contribution in [1.29, 1.82) is 0 Å². The number of hydrogen-bond donors (Lipinski definition) is 1. The third kappa shape index (κ3) is 3.72. The number of methoxy groups -OCH3 is 1. The zero-order chi connectivity index (χ0) is 17.1. The van der Waals surface area contributed by atoms with E-state index in [0.29, 0.717) is 33.2 Å². The van der Waals surface area contributed by atoms with Crippen LogP contribution in [0.25, 0.3) is 6.08 Å². The maximum Gasteiger partial charge on any atom is 0.341 e. The molecule has 7 heteroatoms. The van der Waals surface area contributed by atoms with Crippen molar-refractivity contribution in [3.8, 4) is 0 Å². The normalized spacial score (nSPS) is 22.2. The summed E-state index contributed by atoms with van der Waals surface area (Å²) in [5.41, 5.74) is 0.365. The second-order valence-corrected chi connectivity index (χ2v) is 6.93. The molecule has 24 heavy (non-hydrogen) atoms. The van der Waals surface area contributed by atoms with Crippen LogP contribution in [0.5, 0.6) is 0 Å². The molecule has 1 aromatic heterocycles. The first-order valence-corrected chi connectivity index (χ1v) is 8.86. The van der Waals surface area contributed by atoms with Crippen molar-refractivity contribution in [3.63, 3.8) is 0 Å². The minimum Gasteiger partial charge on any atom is -0.465 e. The van der Waals surface area contributed by atoms with E-state index in [1.807, 2.05) is 0 Å². The van der Waals surface area contributed by atoms with E-state index < -0.39 is 5.97 Å². The number of amides is 1. The molecule has 1 saturated carbocycles. The lowest BCUT2D eigenvalue weighted by Gasteiger charge is -2.17. The molecule has 0 bridgehead atoms. The van der Waals surface area contributed by atoms with Crippen LogP contribution in [0.3, 0.4) is 0 Å². The summed E-state index contributed by atoms with van der Waals surface area (Å²) in [5.74, 6) is 0.268. The second-order valence-electron chi connectivity index (χ2n) is 5.90. The number of rotatable bonds is 3. The van der Waals surface area contributed by atoms with Gasteiger partial charge in [0.15, 0.2) is 5.17 Å². The number of aliphatic imine (C=N–C) groups is 1. The summed E-state index contributed by atoms with van der Waals surface area (Å²) in [7, 11) is 1.32. The lowest BCUT2D eigenvalue weighted by atomic mass is 9.96. The minimum atomic E-state index is -0.455. The summed E-state index contributed by atoms with van der Waals surface area (Å²) < 4.78 is 10.2. The van der Waals surface area contributed by atoms with E-state index in [4.69, 9.17) is 9.15 Å². The van der Waals surface area contributed by atoms with Crippen LogP contribution in [-0.2, 0) is 9.53 Å². The van der Waals surface area contributed by atoms with Gasteiger partial charge in [0.2, 0.25) is 0 Å². The summed E-state index contributed by atoms with van der Waals surface area (Å²) in [6, 6.07) is 1.89. The number of furan rings is 1. The molecule has 6 nitrogen and oxygen atoms in total. The highest BCUT2D eigenvalue weighted by Crippen LogP contribution is 2.29. The Morgan fingerprint density at radius 1 is 1.42 bits per heavy atom. The molecule has 2 fully saturated rings. The molecule has 1 aromatic rings. The Morgan fingerprint density at radius 2 is 2.17 bits per heavy atom. The van der Waals surface area contributed by atoms with Gasteiger partial charge in [-0.1, -0.05) is 19.3 Å². The molecular formula is C17H20N2O4S. The first-order valence-electron chi connectivity index (χ1n) is 8.04. The molecule has 1 aliphatic carbocycles. The molecule has 1 amide bonds. The Kier molecular flexibility index (Phi) is 5.08. The van der Waals surface area contributed by atoms with Gasteiger partial charge in [-0.3, -0.25) is 9.79 Å². The van der Waals surface area contributed by atoms with E-state index in [-0.39, 0.29) is 5.91 Å². The highest BCUT2D eigenvalue weighted by molar-refractivity contribution is 8.18. The topological polar surface area (TPSA) is 80.9 Å². The lowest BCUT2D eigenvalue weighted by Crippen LogP contribution is -2.22. The van der Waals surface area contributed by atoms with Gasteiger partial charge in [-0.15, -0.1) is 0 Å². The highest BCUT2D eigenvalue weighted by atomic mass is 32.2. The van der Waals surface area contributed by atoms with E-state index in [9.17, 15) is 9.59 Å². The van der Waals surface area contributed by atoms with Gasteiger partial charge in [0.05, 0.1) is 18.1 Å². The summed E-state index contributed by atoms with van der Waals surface area (Å²) in [5, 5.41) is 3.45. The number of ether oxygens (including phenoxy) is 1. The van der Waals surface area contributed by atoms with Crippen molar-refractivity contribution in [2.24, 2.45) is 4.99 Å². The van der Waals surface area contributed by atoms with Crippen LogP contribution in [0.1, 0.15) is 54.0 Å². The maximum atomic E-state index is 12.1. The molecule has 0 aromatic carbocycles. The third-order valence-corrected chi connectivity index (χ3v) is 5.06. The predicted octanol–water partition coefficient (Wildman–Crippen LogP) is 3.27. The molecule has 1 aliphatic heterocycles. The fourth-order valence-corrected chi connectivity index (χ4v) is 3.76. The summed E-state index contributed by atoms with van der Waals surface area (Å²) in [6.45, 7) is 1.69. The zero-order valence-corrected chi connectivity index (χ0v) is 14.6. The van der Waals surface area contributed by atoms with Crippen LogP contribution in [0, 0.1) is 6.92 Å². The summed E-state index contributed by atoms with van der Waals surface area (Å²) >= 11 is 1.31. The molecule has 1 N–H and O–H groups in total. The van der Waals surface area contributed by atoms with Crippen molar-refractivity contribution in [2.75, 3.05) is 7.11 Å². The maximum absolute atomic E-state index is 12.1. The predicted molar refractivity (Wildman–Crippen MR) is 92.8 cm³/mol. The average molecular weight is 348 g/mol. The SMILES string of the molecule is COC(=O)c1cc(/C=C2\SC(=NC3CCCCC3)NC2=O)oc1C. The fraction of sp³-hybridized carbons (Fsp3) is 0.471. The number of aryl methyl sites for hydroxylation is 1. The first-order chi connectivity index (χ1) is 11.6. The largest absolute Gasteiger partial charge is 0.465 e. The number of esters is 1. The molecule has 0 spiro atoms. The minimum absolute atomic E-state index is 0.191. The van der Waals surface area contributed by atoms with Gasteiger partial charge in [-0.2, -0.15) is 0 Å². The Morgan fingerprint density at radius 3 is 2.88 bits per heavy atom. The molecule has 2 aliphatic rings. The van der Waals surface area contributed by atoms with Gasteiger partial charge in [0, 0.05) is 6.08 Å². The summed E-state index contributed by atoms with van der Waals surface area (Å²) in [4.78, 5) is 28.9. The molecule has 3 rings (SSSR count). The quantitative estimate of drug-likeness (QED) is 0.670. The Bertz CT molecular complexity index is 714. The van der Waals surface area contributed by atoms with Crippen molar-refractivity contribution in [3.05, 3.63) is 28.1 Å². The molecule has 0 atom stereocenters. The second kappa shape index (κ2) is 7.25. The number of carbonyl (C=O) groups is 2. The standard InChI is InChI=1S/C17H20N2O4S/c1-10-13(16(21)22-2)8-12(23-10)9-14-15(20)19-17(24-14)18-11-6-4-3-5-7-11/h8-9,11H,3-7H2,1-2H3,(H,18,19,20)/b14-9-. The molecular weight excluding hydrogens is 328 g/mol.